The SMILES string of the molecule is Cc1cc(NC(=O)N2CCN(c3ncccc3C(F)(F)F)CC2C)ccc1C(F)(F)F. The highest BCUT2D eigenvalue weighted by atomic mass is 19.4. The van der Waals surface area contributed by atoms with Crippen LogP contribution in [0.25, 0.3) is 0 Å². The highest BCUT2D eigenvalue weighted by molar-refractivity contribution is 5.90. The molecule has 1 aromatic carbocycles. The average Bonchev–Trinajstić information content (AvgIpc) is 2.66. The van der Waals surface area contributed by atoms with Gasteiger partial charge in [0, 0.05) is 37.6 Å². The van der Waals surface area contributed by atoms with Gasteiger partial charge in [0.05, 0.1) is 11.1 Å². The molecule has 1 N–H and O–H groups in total. The first kappa shape index (κ1) is 22.7. The molecule has 2 aromatic rings. The fourth-order valence-corrected chi connectivity index (χ4v) is 3.58. The Morgan fingerprint density at radius 1 is 1.06 bits per heavy atom. The van der Waals surface area contributed by atoms with Crippen molar-refractivity contribution in [2.75, 3.05) is 29.9 Å². The molecule has 1 aliphatic rings. The van der Waals surface area contributed by atoms with Gasteiger partial charge in [0.25, 0.3) is 0 Å². The van der Waals surface area contributed by atoms with Gasteiger partial charge >= 0.3 is 18.4 Å². The molecule has 0 bridgehead atoms. The number of benzene rings is 1. The molecule has 2 heterocycles. The molecule has 1 unspecified atom stereocenters. The lowest BCUT2D eigenvalue weighted by Gasteiger charge is -2.40. The van der Waals surface area contributed by atoms with Crippen molar-refractivity contribution in [3.63, 3.8) is 0 Å². The van der Waals surface area contributed by atoms with Gasteiger partial charge in [0.15, 0.2) is 0 Å². The summed E-state index contributed by atoms with van der Waals surface area (Å²) in [6.07, 6.45) is -7.76. The summed E-state index contributed by atoms with van der Waals surface area (Å²) in [5, 5.41) is 2.56. The van der Waals surface area contributed by atoms with Gasteiger partial charge in [-0.3, -0.25) is 0 Å². The van der Waals surface area contributed by atoms with E-state index in [-0.39, 0.29) is 36.7 Å². The van der Waals surface area contributed by atoms with E-state index in [4.69, 9.17) is 0 Å². The number of nitrogens with zero attached hydrogens (tertiary/aromatic N) is 3. The minimum atomic E-state index is -4.55. The molecule has 0 spiro atoms. The number of urea groups is 1. The fraction of sp³-hybridized carbons (Fsp3) is 0.400. The van der Waals surface area contributed by atoms with E-state index in [0.29, 0.717) is 0 Å². The first-order valence-corrected chi connectivity index (χ1v) is 9.40. The van der Waals surface area contributed by atoms with E-state index >= 15 is 0 Å². The normalized spacial score (nSPS) is 17.6. The topological polar surface area (TPSA) is 48.5 Å². The molecule has 1 fully saturated rings. The number of nitrogens with one attached hydrogen (secondary N) is 1. The van der Waals surface area contributed by atoms with Crippen LogP contribution < -0.4 is 10.2 Å². The number of anilines is 2. The first-order valence-electron chi connectivity index (χ1n) is 9.40. The molecule has 11 heteroatoms. The Morgan fingerprint density at radius 3 is 2.32 bits per heavy atom. The van der Waals surface area contributed by atoms with E-state index < -0.39 is 35.6 Å². The molecule has 1 aromatic heterocycles. The Balaban J connectivity index is 1.70. The molecule has 5 nitrogen and oxygen atoms in total. The van der Waals surface area contributed by atoms with Gasteiger partial charge in [-0.05, 0) is 49.7 Å². The van der Waals surface area contributed by atoms with Crippen LogP contribution in [-0.2, 0) is 12.4 Å². The molecule has 1 atom stereocenters. The minimum absolute atomic E-state index is 0.0296. The maximum Gasteiger partial charge on any atom is 0.419 e. The number of hydrogen-bond donors (Lipinski definition) is 1. The second-order valence-electron chi connectivity index (χ2n) is 7.32. The van der Waals surface area contributed by atoms with Crippen LogP contribution in [0.15, 0.2) is 36.5 Å². The van der Waals surface area contributed by atoms with Gasteiger partial charge in [-0.25, -0.2) is 9.78 Å². The third-order valence-electron chi connectivity index (χ3n) is 5.06. The van der Waals surface area contributed by atoms with Gasteiger partial charge < -0.3 is 15.1 Å². The smallest absolute Gasteiger partial charge is 0.352 e. The molecule has 168 valence electrons. The van der Waals surface area contributed by atoms with Crippen LogP contribution >= 0.6 is 0 Å². The van der Waals surface area contributed by atoms with E-state index in [1.165, 1.54) is 35.1 Å². The highest BCUT2D eigenvalue weighted by Crippen LogP contribution is 2.36. The van der Waals surface area contributed by atoms with Gasteiger partial charge in [-0.2, -0.15) is 26.3 Å². The summed E-state index contributed by atoms with van der Waals surface area (Å²) < 4.78 is 78.5. The lowest BCUT2D eigenvalue weighted by molar-refractivity contribution is -0.138. The third-order valence-corrected chi connectivity index (χ3v) is 5.06. The van der Waals surface area contributed by atoms with Crippen molar-refractivity contribution in [3.8, 4) is 0 Å². The zero-order valence-corrected chi connectivity index (χ0v) is 16.7. The van der Waals surface area contributed by atoms with Crippen molar-refractivity contribution in [2.45, 2.75) is 32.2 Å². The predicted octanol–water partition coefficient (Wildman–Crippen LogP) is 5.17. The van der Waals surface area contributed by atoms with Crippen LogP contribution in [0.4, 0.5) is 42.6 Å². The number of amides is 2. The Hall–Kier alpha value is -2.98. The summed E-state index contributed by atoms with van der Waals surface area (Å²) in [5.74, 6) is -0.194. The molecule has 1 aliphatic heterocycles. The van der Waals surface area contributed by atoms with E-state index in [1.54, 1.807) is 6.92 Å². The zero-order valence-electron chi connectivity index (χ0n) is 16.7. The lowest BCUT2D eigenvalue weighted by atomic mass is 10.1. The lowest BCUT2D eigenvalue weighted by Crippen LogP contribution is -2.55. The van der Waals surface area contributed by atoms with E-state index in [0.717, 1.165) is 18.2 Å². The van der Waals surface area contributed by atoms with Gasteiger partial charge in [-0.15, -0.1) is 0 Å². The Morgan fingerprint density at radius 2 is 1.74 bits per heavy atom. The Labute approximate surface area is 174 Å². The molecule has 3 rings (SSSR count). The van der Waals surface area contributed by atoms with Crippen LogP contribution in [-0.4, -0.2) is 41.6 Å². The summed E-state index contributed by atoms with van der Waals surface area (Å²) in [7, 11) is 0. The van der Waals surface area contributed by atoms with Crippen molar-refractivity contribution in [1.29, 1.82) is 0 Å². The molecule has 0 radical (unpaired) electrons. The van der Waals surface area contributed by atoms with Crippen LogP contribution in [0.5, 0.6) is 0 Å². The standard InChI is InChI=1S/C20H20F6N4O/c1-12-10-14(5-6-15(12)19(21,22)23)28-18(31)30-9-8-29(11-13(30)2)17-16(20(24,25)26)4-3-7-27-17/h3-7,10,13H,8-9,11H2,1-2H3,(H,28,31). The number of carbonyl (C=O) groups excluding carboxylic acids is 1. The van der Waals surface area contributed by atoms with Gasteiger partial charge in [0.1, 0.15) is 5.82 Å². The maximum absolute atomic E-state index is 13.3. The molecular weight excluding hydrogens is 426 g/mol. The first-order chi connectivity index (χ1) is 14.4. The summed E-state index contributed by atoms with van der Waals surface area (Å²) in [5.41, 5.74) is -1.46. The molecule has 0 saturated carbocycles. The highest BCUT2D eigenvalue weighted by Gasteiger charge is 2.38. The third kappa shape index (κ3) is 5.02. The monoisotopic (exact) mass is 446 g/mol. The number of aryl methyl sites for hydroxylation is 1. The number of piperazine rings is 1. The number of halogens is 6. The van der Waals surface area contributed by atoms with Crippen molar-refractivity contribution < 1.29 is 31.1 Å². The number of aromatic nitrogens is 1. The van der Waals surface area contributed by atoms with Crippen LogP contribution in [0.3, 0.4) is 0 Å². The zero-order chi connectivity index (χ0) is 23.0. The van der Waals surface area contributed by atoms with Crippen molar-refractivity contribution in [1.82, 2.24) is 9.88 Å². The number of rotatable bonds is 2. The van der Waals surface area contributed by atoms with Crippen LogP contribution in [0.2, 0.25) is 0 Å². The Kier molecular flexibility index (Phi) is 6.06. The molecule has 0 aliphatic carbocycles. The quantitative estimate of drug-likeness (QED) is 0.648. The minimum Gasteiger partial charge on any atom is -0.352 e. The summed E-state index contributed by atoms with van der Waals surface area (Å²) >= 11 is 0. The fourth-order valence-electron chi connectivity index (χ4n) is 3.58. The van der Waals surface area contributed by atoms with E-state index in [9.17, 15) is 31.1 Å². The van der Waals surface area contributed by atoms with Crippen molar-refractivity contribution in [2.24, 2.45) is 0 Å². The van der Waals surface area contributed by atoms with E-state index in [2.05, 4.69) is 10.3 Å². The summed E-state index contributed by atoms with van der Waals surface area (Å²) in [6.45, 7) is 3.36. The molecule has 2 amide bonds. The molecule has 1 saturated heterocycles. The summed E-state index contributed by atoms with van der Waals surface area (Å²) in [4.78, 5) is 19.4. The van der Waals surface area contributed by atoms with Gasteiger partial charge in [0.2, 0.25) is 0 Å². The Bertz CT molecular complexity index is 959. The van der Waals surface area contributed by atoms with Crippen LogP contribution in [0.1, 0.15) is 23.6 Å². The second-order valence-corrected chi connectivity index (χ2v) is 7.32. The maximum atomic E-state index is 13.3. The number of carbonyl (C=O) groups is 1. The predicted molar refractivity (Wildman–Crippen MR) is 103 cm³/mol. The average molecular weight is 446 g/mol. The molecule has 31 heavy (non-hydrogen) atoms. The van der Waals surface area contributed by atoms with Gasteiger partial charge in [-0.1, -0.05) is 0 Å². The van der Waals surface area contributed by atoms with E-state index in [1.807, 2.05) is 0 Å². The van der Waals surface area contributed by atoms with Crippen molar-refractivity contribution in [3.05, 3.63) is 53.2 Å². The van der Waals surface area contributed by atoms with Crippen molar-refractivity contribution >= 4 is 17.5 Å². The number of hydrogen-bond acceptors (Lipinski definition) is 3. The van der Waals surface area contributed by atoms with Crippen LogP contribution in [0, 0.1) is 6.92 Å². The second kappa shape index (κ2) is 8.27. The largest absolute Gasteiger partial charge is 0.419 e. The molecular formula is C20H20F6N4O. The summed E-state index contributed by atoms with van der Waals surface area (Å²) in [6, 6.07) is 4.47. The number of pyridine rings is 1. The number of alkyl halides is 6.